The van der Waals surface area contributed by atoms with E-state index in [-0.39, 0.29) is 12.5 Å². The lowest BCUT2D eigenvalue weighted by molar-refractivity contribution is -0.142. The van der Waals surface area contributed by atoms with E-state index in [1.165, 1.54) is 0 Å². The number of amides is 1. The van der Waals surface area contributed by atoms with Gasteiger partial charge in [0.05, 0.1) is 0 Å². The monoisotopic (exact) mass is 214 g/mol. The summed E-state index contributed by atoms with van der Waals surface area (Å²) in [6.07, 6.45) is 2.15. The molecule has 1 aliphatic heterocycles. The Morgan fingerprint density at radius 3 is 2.67 bits per heavy atom. The van der Waals surface area contributed by atoms with Gasteiger partial charge in [0, 0.05) is 25.7 Å². The first kappa shape index (κ1) is 12.5. The third kappa shape index (κ3) is 3.80. The number of rotatable bonds is 6. The van der Waals surface area contributed by atoms with Crippen LogP contribution in [0.15, 0.2) is 0 Å². The van der Waals surface area contributed by atoms with Crippen LogP contribution in [0.3, 0.4) is 0 Å². The Labute approximate surface area is 92.2 Å². The normalized spacial score (nSPS) is 16.9. The van der Waals surface area contributed by atoms with Gasteiger partial charge in [0.1, 0.15) is 6.61 Å². The predicted octanol–water partition coefficient (Wildman–Crippen LogP) is 0.575. The highest BCUT2D eigenvalue weighted by Crippen LogP contribution is 2.12. The zero-order valence-corrected chi connectivity index (χ0v) is 10.0. The SMILES string of the molecule is CCCCOCC(=O)N1CC(N(C)C)C1. The molecule has 0 N–H and O–H groups in total. The highest BCUT2D eigenvalue weighted by molar-refractivity contribution is 5.78. The van der Waals surface area contributed by atoms with Crippen molar-refractivity contribution in [2.24, 2.45) is 0 Å². The number of hydrogen-bond acceptors (Lipinski definition) is 3. The fraction of sp³-hybridized carbons (Fsp3) is 0.909. The molecule has 0 unspecified atom stereocenters. The van der Waals surface area contributed by atoms with Crippen LogP contribution in [0, 0.1) is 0 Å². The lowest BCUT2D eigenvalue weighted by Crippen LogP contribution is -2.59. The summed E-state index contributed by atoms with van der Waals surface area (Å²) in [4.78, 5) is 15.6. The molecule has 1 fully saturated rings. The van der Waals surface area contributed by atoms with Crippen LogP contribution < -0.4 is 0 Å². The van der Waals surface area contributed by atoms with Crippen molar-refractivity contribution in [2.75, 3.05) is 40.4 Å². The van der Waals surface area contributed by atoms with Gasteiger partial charge < -0.3 is 14.5 Å². The minimum atomic E-state index is 0.129. The van der Waals surface area contributed by atoms with Crippen molar-refractivity contribution in [3.63, 3.8) is 0 Å². The first-order valence-corrected chi connectivity index (χ1v) is 5.67. The molecule has 88 valence electrons. The van der Waals surface area contributed by atoms with Gasteiger partial charge in [0.25, 0.3) is 0 Å². The molecule has 0 aromatic heterocycles. The molecule has 0 saturated carbocycles. The molecule has 0 aromatic rings. The molecule has 15 heavy (non-hydrogen) atoms. The molecule has 1 aliphatic rings. The summed E-state index contributed by atoms with van der Waals surface area (Å²) >= 11 is 0. The first-order valence-electron chi connectivity index (χ1n) is 5.67. The minimum Gasteiger partial charge on any atom is -0.372 e. The maximum absolute atomic E-state index is 11.5. The number of likely N-dealkylation sites (tertiary alicyclic amines) is 1. The number of carbonyl (C=O) groups is 1. The zero-order chi connectivity index (χ0) is 11.3. The highest BCUT2D eigenvalue weighted by atomic mass is 16.5. The van der Waals surface area contributed by atoms with Gasteiger partial charge in [-0.1, -0.05) is 13.3 Å². The minimum absolute atomic E-state index is 0.129. The van der Waals surface area contributed by atoms with Crippen LogP contribution in [0.4, 0.5) is 0 Å². The quantitative estimate of drug-likeness (QED) is 0.606. The maximum atomic E-state index is 11.5. The lowest BCUT2D eigenvalue weighted by Gasteiger charge is -2.42. The van der Waals surface area contributed by atoms with Gasteiger partial charge in [-0.05, 0) is 20.5 Å². The zero-order valence-electron chi connectivity index (χ0n) is 10.0. The van der Waals surface area contributed by atoms with E-state index in [2.05, 4.69) is 11.8 Å². The van der Waals surface area contributed by atoms with Gasteiger partial charge >= 0.3 is 0 Å². The predicted molar refractivity (Wildman–Crippen MR) is 59.8 cm³/mol. The Kier molecular flexibility index (Phi) is 5.05. The average molecular weight is 214 g/mol. The Morgan fingerprint density at radius 1 is 1.47 bits per heavy atom. The number of likely N-dealkylation sites (N-methyl/N-ethyl adjacent to an activating group) is 1. The van der Waals surface area contributed by atoms with Gasteiger partial charge in [0.2, 0.25) is 5.91 Å². The largest absolute Gasteiger partial charge is 0.372 e. The first-order chi connectivity index (χ1) is 7.15. The van der Waals surface area contributed by atoms with Crippen LogP contribution in [-0.4, -0.2) is 62.1 Å². The van der Waals surface area contributed by atoms with Crippen molar-refractivity contribution in [3.05, 3.63) is 0 Å². The molecule has 0 aromatic carbocycles. The van der Waals surface area contributed by atoms with E-state index in [4.69, 9.17) is 4.74 Å². The molecule has 0 bridgehead atoms. The Morgan fingerprint density at radius 2 is 2.13 bits per heavy atom. The molecule has 0 atom stereocenters. The molecule has 1 saturated heterocycles. The molecule has 1 amide bonds. The molecule has 4 heteroatoms. The summed E-state index contributed by atoms with van der Waals surface area (Å²) in [7, 11) is 4.09. The molecule has 4 nitrogen and oxygen atoms in total. The molecule has 0 radical (unpaired) electrons. The number of unbranched alkanes of at least 4 members (excludes halogenated alkanes) is 1. The molecule has 1 rings (SSSR count). The van der Waals surface area contributed by atoms with Crippen molar-refractivity contribution in [1.82, 2.24) is 9.80 Å². The lowest BCUT2D eigenvalue weighted by atomic mass is 10.1. The smallest absolute Gasteiger partial charge is 0.248 e. The summed E-state index contributed by atoms with van der Waals surface area (Å²) < 4.78 is 5.28. The van der Waals surface area contributed by atoms with Gasteiger partial charge in [-0.2, -0.15) is 0 Å². The fourth-order valence-corrected chi connectivity index (χ4v) is 1.48. The maximum Gasteiger partial charge on any atom is 0.248 e. The van der Waals surface area contributed by atoms with Crippen LogP contribution in [0.1, 0.15) is 19.8 Å². The van der Waals surface area contributed by atoms with Crippen molar-refractivity contribution >= 4 is 5.91 Å². The number of hydrogen-bond donors (Lipinski definition) is 0. The fourth-order valence-electron chi connectivity index (χ4n) is 1.48. The van der Waals surface area contributed by atoms with Crippen LogP contribution in [0.5, 0.6) is 0 Å². The standard InChI is InChI=1S/C11H22N2O2/c1-4-5-6-15-9-11(14)13-7-10(8-13)12(2)3/h10H,4-9H2,1-3H3. The Bertz CT molecular complexity index is 201. The molecular formula is C11H22N2O2. The Hall–Kier alpha value is -0.610. The highest BCUT2D eigenvalue weighted by Gasteiger charge is 2.31. The van der Waals surface area contributed by atoms with E-state index in [9.17, 15) is 4.79 Å². The van der Waals surface area contributed by atoms with Crippen LogP contribution in [-0.2, 0) is 9.53 Å². The summed E-state index contributed by atoms with van der Waals surface area (Å²) in [5, 5.41) is 0. The Balaban J connectivity index is 2.05. The van der Waals surface area contributed by atoms with E-state index in [0.29, 0.717) is 12.6 Å². The van der Waals surface area contributed by atoms with E-state index >= 15 is 0 Å². The molecule has 0 spiro atoms. The second-order valence-corrected chi connectivity index (χ2v) is 4.32. The summed E-state index contributed by atoms with van der Waals surface area (Å²) in [5.74, 6) is 0.129. The van der Waals surface area contributed by atoms with E-state index in [1.807, 2.05) is 19.0 Å². The summed E-state index contributed by atoms with van der Waals surface area (Å²) in [6.45, 7) is 4.77. The average Bonchev–Trinajstić information content (AvgIpc) is 2.09. The van der Waals surface area contributed by atoms with Crippen molar-refractivity contribution in [2.45, 2.75) is 25.8 Å². The van der Waals surface area contributed by atoms with Crippen LogP contribution in [0.2, 0.25) is 0 Å². The number of carbonyl (C=O) groups excluding carboxylic acids is 1. The van der Waals surface area contributed by atoms with E-state index < -0.39 is 0 Å². The van der Waals surface area contributed by atoms with Gasteiger partial charge in [-0.3, -0.25) is 4.79 Å². The van der Waals surface area contributed by atoms with Crippen molar-refractivity contribution in [3.8, 4) is 0 Å². The van der Waals surface area contributed by atoms with Crippen LogP contribution in [0.25, 0.3) is 0 Å². The third-order valence-corrected chi connectivity index (χ3v) is 2.81. The summed E-state index contributed by atoms with van der Waals surface area (Å²) in [5.41, 5.74) is 0. The van der Waals surface area contributed by atoms with E-state index in [0.717, 1.165) is 25.9 Å². The second-order valence-electron chi connectivity index (χ2n) is 4.32. The van der Waals surface area contributed by atoms with Gasteiger partial charge in [0.15, 0.2) is 0 Å². The topological polar surface area (TPSA) is 32.8 Å². The third-order valence-electron chi connectivity index (χ3n) is 2.81. The number of nitrogens with zero attached hydrogens (tertiary/aromatic N) is 2. The van der Waals surface area contributed by atoms with Crippen molar-refractivity contribution in [1.29, 1.82) is 0 Å². The van der Waals surface area contributed by atoms with Gasteiger partial charge in [-0.25, -0.2) is 0 Å². The van der Waals surface area contributed by atoms with Crippen molar-refractivity contribution < 1.29 is 9.53 Å². The number of ether oxygens (including phenoxy) is 1. The summed E-state index contributed by atoms with van der Waals surface area (Å²) in [6, 6.07) is 0.532. The molecule has 0 aliphatic carbocycles. The molecular weight excluding hydrogens is 192 g/mol. The van der Waals surface area contributed by atoms with Gasteiger partial charge in [-0.15, -0.1) is 0 Å². The molecule has 1 heterocycles. The van der Waals surface area contributed by atoms with Crippen LogP contribution >= 0.6 is 0 Å². The second kappa shape index (κ2) is 6.08. The van der Waals surface area contributed by atoms with E-state index in [1.54, 1.807) is 0 Å².